The number of ether oxygens (including phenoxy) is 2. The molecule has 13 nitrogen and oxygen atoms in total. The summed E-state index contributed by atoms with van der Waals surface area (Å²) in [5, 5.41) is 50.2. The van der Waals surface area contributed by atoms with E-state index in [0.29, 0.717) is 31.9 Å². The summed E-state index contributed by atoms with van der Waals surface area (Å²) >= 11 is 0. The highest BCUT2D eigenvalue weighted by molar-refractivity contribution is 6.25. The van der Waals surface area contributed by atoms with Crippen LogP contribution >= 0.6 is 0 Å². The van der Waals surface area contributed by atoms with E-state index in [0.717, 1.165) is 25.7 Å². The minimum atomic E-state index is -2.86. The van der Waals surface area contributed by atoms with Crippen LogP contribution < -0.4 is 5.32 Å². The van der Waals surface area contributed by atoms with Gasteiger partial charge in [0.2, 0.25) is 5.78 Å². The first-order valence-electron chi connectivity index (χ1n) is 17.3. The van der Waals surface area contributed by atoms with Crippen molar-refractivity contribution >= 4 is 23.3 Å². The number of benzene rings is 1. The number of rotatable bonds is 10. The maximum absolute atomic E-state index is 14.5. The summed E-state index contributed by atoms with van der Waals surface area (Å²) in [6.45, 7) is 3.83. The third-order valence-corrected chi connectivity index (χ3v) is 11.2. The molecule has 6 rings (SSSR count). The van der Waals surface area contributed by atoms with Crippen LogP contribution in [-0.2, 0) is 23.9 Å². The Kier molecular flexibility index (Phi) is 10.0. The minimum Gasteiger partial charge on any atom is -0.510 e. The lowest BCUT2D eigenvalue weighted by Gasteiger charge is -2.55. The van der Waals surface area contributed by atoms with Gasteiger partial charge < -0.3 is 35.2 Å². The number of morpholine rings is 1. The van der Waals surface area contributed by atoms with Crippen molar-refractivity contribution in [2.75, 3.05) is 53.7 Å². The molecule has 0 bridgehead atoms. The fourth-order valence-corrected chi connectivity index (χ4v) is 8.78. The molecule has 5 N–H and O–H groups in total. The van der Waals surface area contributed by atoms with Gasteiger partial charge in [0.05, 0.1) is 44.2 Å². The first-order valence-corrected chi connectivity index (χ1v) is 17.3. The Morgan fingerprint density at radius 3 is 2.45 bits per heavy atom. The summed E-state index contributed by atoms with van der Waals surface area (Å²) < 4.78 is 11.7. The second kappa shape index (κ2) is 13.9. The number of Topliss-reactive ketones (excluding diaryl/α,β-unsaturated/α-hetero) is 3. The molecule has 1 aliphatic heterocycles. The molecule has 0 radical (unpaired) electrons. The number of phenols is 1. The monoisotopic (exact) mass is 681 g/mol. The molecule has 266 valence electrons. The molecule has 6 atom stereocenters. The average molecular weight is 682 g/mol. The Bertz CT molecular complexity index is 1570. The van der Waals surface area contributed by atoms with Crippen molar-refractivity contribution in [3.05, 3.63) is 52.0 Å². The zero-order valence-electron chi connectivity index (χ0n) is 28.3. The molecule has 1 aromatic carbocycles. The van der Waals surface area contributed by atoms with Crippen molar-refractivity contribution < 1.29 is 49.1 Å². The summed E-state index contributed by atoms with van der Waals surface area (Å²) in [6.07, 6.45) is 3.69. The molecule has 1 saturated carbocycles. The van der Waals surface area contributed by atoms with Crippen LogP contribution in [0.3, 0.4) is 0 Å². The Hall–Kier alpha value is -3.62. The van der Waals surface area contributed by atoms with Crippen molar-refractivity contribution in [3.8, 4) is 5.75 Å². The Morgan fingerprint density at radius 1 is 1.10 bits per heavy atom. The number of fused-ring (bicyclic) bond motifs is 3. The van der Waals surface area contributed by atoms with Gasteiger partial charge in [-0.25, -0.2) is 0 Å². The van der Waals surface area contributed by atoms with E-state index >= 15 is 0 Å². The maximum Gasteiger partial charge on any atom is 0.259 e. The quantitative estimate of drug-likeness (QED) is 0.227. The number of nitrogens with zero attached hydrogens (tertiary/aromatic N) is 2. The second-order valence-electron chi connectivity index (χ2n) is 14.1. The number of amides is 1. The fourth-order valence-electron chi connectivity index (χ4n) is 8.78. The zero-order chi connectivity index (χ0) is 35.2. The molecule has 0 spiro atoms. The lowest BCUT2D eigenvalue weighted by atomic mass is 9.51. The Morgan fingerprint density at radius 2 is 1.80 bits per heavy atom. The van der Waals surface area contributed by atoms with Gasteiger partial charge in [0.15, 0.2) is 11.4 Å². The number of aromatic hydroxyl groups is 1. The van der Waals surface area contributed by atoms with Crippen LogP contribution in [0.1, 0.15) is 67.3 Å². The Labute approximate surface area is 285 Å². The van der Waals surface area contributed by atoms with Crippen LogP contribution in [0.4, 0.5) is 0 Å². The van der Waals surface area contributed by atoms with Gasteiger partial charge in [-0.05, 0) is 44.5 Å². The summed E-state index contributed by atoms with van der Waals surface area (Å²) in [5.41, 5.74) is -3.47. The normalized spacial score (nSPS) is 30.8. The van der Waals surface area contributed by atoms with Crippen LogP contribution in [0, 0.1) is 17.8 Å². The van der Waals surface area contributed by atoms with Gasteiger partial charge in [0, 0.05) is 49.3 Å². The number of nitrogens with one attached hydrogen (secondary N) is 1. The zero-order valence-corrected chi connectivity index (χ0v) is 28.3. The highest BCUT2D eigenvalue weighted by atomic mass is 16.5. The van der Waals surface area contributed by atoms with E-state index in [1.807, 2.05) is 4.90 Å². The van der Waals surface area contributed by atoms with E-state index in [9.17, 15) is 39.6 Å². The van der Waals surface area contributed by atoms with Crippen LogP contribution in [0.2, 0.25) is 0 Å². The molecule has 4 aliphatic carbocycles. The average Bonchev–Trinajstić information content (AvgIpc) is 3.60. The number of ketones is 3. The molecule has 6 unspecified atom stereocenters. The van der Waals surface area contributed by atoms with Gasteiger partial charge >= 0.3 is 0 Å². The van der Waals surface area contributed by atoms with Gasteiger partial charge in [0.1, 0.15) is 28.6 Å². The van der Waals surface area contributed by atoms with E-state index < -0.39 is 69.9 Å². The maximum atomic E-state index is 14.5. The third-order valence-electron chi connectivity index (χ3n) is 11.2. The number of carbonyl (C=O) groups excluding carboxylic acids is 4. The number of aliphatic hydroxyl groups is 3. The van der Waals surface area contributed by atoms with Gasteiger partial charge in [-0.15, -0.1) is 0 Å². The van der Waals surface area contributed by atoms with Crippen molar-refractivity contribution in [3.63, 3.8) is 0 Å². The van der Waals surface area contributed by atoms with Gasteiger partial charge in [0.25, 0.3) is 5.91 Å². The highest BCUT2D eigenvalue weighted by Gasteiger charge is 2.67. The number of allylic oxidation sites excluding steroid dienone is 1. The molecule has 0 aromatic heterocycles. The predicted molar refractivity (Wildman–Crippen MR) is 176 cm³/mol. The molecular formula is C36H47N3O10. The molecule has 1 amide bonds. The fraction of sp³-hybridized carbons (Fsp3) is 0.611. The Balaban J connectivity index is 1.51. The van der Waals surface area contributed by atoms with Crippen molar-refractivity contribution in [2.24, 2.45) is 17.8 Å². The number of phenolic OH excluding ortho intramolecular Hbond substituents is 1. The molecule has 1 heterocycles. The predicted octanol–water partition coefficient (Wildman–Crippen LogP) is 2.14. The lowest BCUT2D eigenvalue weighted by Crippen LogP contribution is -2.67. The smallest absolute Gasteiger partial charge is 0.259 e. The molecule has 1 aromatic rings. The second-order valence-corrected chi connectivity index (χ2v) is 14.1. The number of aliphatic hydroxyl groups excluding tert-OH is 2. The number of hydrogen-bond acceptors (Lipinski definition) is 12. The van der Waals surface area contributed by atoms with E-state index in [-0.39, 0.29) is 54.9 Å². The summed E-state index contributed by atoms with van der Waals surface area (Å²) in [5.74, 6) is -8.93. The van der Waals surface area contributed by atoms with E-state index in [1.165, 1.54) is 6.07 Å². The lowest BCUT2D eigenvalue weighted by molar-refractivity contribution is -0.157. The van der Waals surface area contributed by atoms with Crippen LogP contribution in [0.15, 0.2) is 40.9 Å². The molecule has 2 fully saturated rings. The van der Waals surface area contributed by atoms with Gasteiger partial charge in [-0.2, -0.15) is 0 Å². The highest BCUT2D eigenvalue weighted by Crippen LogP contribution is 2.59. The summed E-state index contributed by atoms with van der Waals surface area (Å²) in [6, 6.07) is 3.48. The van der Waals surface area contributed by atoms with E-state index in [2.05, 4.69) is 5.32 Å². The number of hydrogen-bond donors (Lipinski definition) is 5. The molecule has 5 aliphatic rings. The molecule has 13 heteroatoms. The number of carbonyl (C=O) groups is 4. The summed E-state index contributed by atoms with van der Waals surface area (Å²) in [7, 11) is 3.21. The first-order chi connectivity index (χ1) is 23.4. The van der Waals surface area contributed by atoms with Crippen LogP contribution in [0.25, 0.3) is 0 Å². The molecule has 49 heavy (non-hydrogen) atoms. The first kappa shape index (κ1) is 35.2. The van der Waals surface area contributed by atoms with Crippen molar-refractivity contribution in [2.45, 2.75) is 69.1 Å². The largest absolute Gasteiger partial charge is 0.510 e. The van der Waals surface area contributed by atoms with Crippen molar-refractivity contribution in [1.82, 2.24) is 15.1 Å². The minimum absolute atomic E-state index is 0.0213. The van der Waals surface area contributed by atoms with Gasteiger partial charge in [-0.1, -0.05) is 31.9 Å². The van der Waals surface area contributed by atoms with Crippen LogP contribution in [-0.4, -0.2) is 125 Å². The standard InChI is InChI=1S/C36H47N3O10/c1-4-19(40)16-22-25-23(17-49-20-8-5-6-9-20)21-10-7-11-24(41)26(21)31(42)27(25)33(44)36(47)29(22)30(38(2)3)32(43)28(34(36)45)35(46)37-18-39-12-14-48-15-13-39/h7,10-11,20,22-23,25,29-30,41,43-44,47H,4-6,8-9,12-18H2,1-3H3,(H,37,46). The summed E-state index contributed by atoms with van der Waals surface area (Å²) in [4.78, 5) is 59.3. The number of likely N-dealkylation sites (N-methyl/N-ethyl adjacent to an activating group) is 1. The van der Waals surface area contributed by atoms with Gasteiger partial charge in [-0.3, -0.25) is 29.0 Å². The van der Waals surface area contributed by atoms with E-state index in [1.54, 1.807) is 38.1 Å². The van der Waals surface area contributed by atoms with E-state index in [4.69, 9.17) is 9.47 Å². The SMILES string of the molecule is CCC(=O)CC1C2C(=C(O)C3(O)C(=O)C(C(=O)NCN4CCOCC4)=C(O)C(N(C)C)C13)C(=O)c1c(O)cccc1C2COC1CCCC1. The molecule has 1 saturated heterocycles. The third kappa shape index (κ3) is 5.99. The topological polar surface area (TPSA) is 186 Å². The molecular weight excluding hydrogens is 634 g/mol. The van der Waals surface area contributed by atoms with Crippen LogP contribution in [0.5, 0.6) is 5.75 Å². The van der Waals surface area contributed by atoms with Crippen molar-refractivity contribution in [1.29, 1.82) is 0 Å².